The van der Waals surface area contributed by atoms with Crippen LogP contribution in [0.15, 0.2) is 15.4 Å². The number of halogens is 1. The fourth-order valence-electron chi connectivity index (χ4n) is 2.40. The Morgan fingerprint density at radius 1 is 1.50 bits per heavy atom. The first-order chi connectivity index (χ1) is 9.48. The van der Waals surface area contributed by atoms with Crippen molar-refractivity contribution >= 4 is 21.6 Å². The maximum absolute atomic E-state index is 12.7. The highest BCUT2D eigenvalue weighted by atomic mass is 35.5. The number of alkyl halides is 1. The molecule has 0 spiro atoms. The number of furan rings is 1. The molecule has 0 N–H and O–H groups in total. The van der Waals surface area contributed by atoms with Crippen LogP contribution in [0.2, 0.25) is 0 Å². The van der Waals surface area contributed by atoms with Gasteiger partial charge in [0.05, 0.1) is 12.0 Å². The van der Waals surface area contributed by atoms with Gasteiger partial charge >= 0.3 is 0 Å². The maximum atomic E-state index is 12.7. The van der Waals surface area contributed by atoms with E-state index >= 15 is 0 Å². The van der Waals surface area contributed by atoms with Crippen LogP contribution >= 0.6 is 11.6 Å². The number of hydrogen-bond acceptors (Lipinski definition) is 4. The Bertz CT molecular complexity index is 549. The van der Waals surface area contributed by atoms with E-state index in [0.29, 0.717) is 31.2 Å². The lowest BCUT2D eigenvalue weighted by Gasteiger charge is -2.22. The van der Waals surface area contributed by atoms with Crippen LogP contribution in [0.5, 0.6) is 0 Å². The topological polar surface area (TPSA) is 59.8 Å². The van der Waals surface area contributed by atoms with Crippen LogP contribution < -0.4 is 0 Å². The SMILES string of the molecule is CCN(CC1CCCO1)S(=O)(=O)c1cc(CCl)oc1C. The monoisotopic (exact) mass is 321 g/mol. The van der Waals surface area contributed by atoms with E-state index in [0.717, 1.165) is 12.8 Å². The van der Waals surface area contributed by atoms with Gasteiger partial charge in [-0.25, -0.2) is 8.42 Å². The molecule has 2 rings (SSSR count). The van der Waals surface area contributed by atoms with Crippen molar-refractivity contribution in [3.8, 4) is 0 Å². The van der Waals surface area contributed by atoms with Gasteiger partial charge in [-0.15, -0.1) is 11.6 Å². The summed E-state index contributed by atoms with van der Waals surface area (Å²) < 4.78 is 37.6. The normalized spacial score (nSPS) is 19.9. The van der Waals surface area contributed by atoms with Crippen LogP contribution in [0.4, 0.5) is 0 Å². The van der Waals surface area contributed by atoms with Gasteiger partial charge in [-0.3, -0.25) is 0 Å². The third-order valence-electron chi connectivity index (χ3n) is 3.46. The predicted molar refractivity (Wildman–Crippen MR) is 76.4 cm³/mol. The van der Waals surface area contributed by atoms with E-state index < -0.39 is 10.0 Å². The van der Waals surface area contributed by atoms with Gasteiger partial charge < -0.3 is 9.15 Å². The molecule has 7 heteroatoms. The van der Waals surface area contributed by atoms with Crippen molar-refractivity contribution in [2.75, 3.05) is 19.7 Å². The number of likely N-dealkylation sites (N-methyl/N-ethyl adjacent to an activating group) is 1. The molecule has 0 saturated carbocycles. The maximum Gasteiger partial charge on any atom is 0.246 e. The molecule has 0 aromatic carbocycles. The van der Waals surface area contributed by atoms with Gasteiger partial charge in [0.2, 0.25) is 10.0 Å². The van der Waals surface area contributed by atoms with Gasteiger partial charge in [0, 0.05) is 25.8 Å². The molecule has 0 bridgehead atoms. The number of ether oxygens (including phenoxy) is 1. The fourth-order valence-corrected chi connectivity index (χ4v) is 4.20. The fraction of sp³-hybridized carbons (Fsp3) is 0.692. The highest BCUT2D eigenvalue weighted by molar-refractivity contribution is 7.89. The number of hydrogen-bond donors (Lipinski definition) is 0. The number of nitrogens with zero attached hydrogens (tertiary/aromatic N) is 1. The van der Waals surface area contributed by atoms with Crippen LogP contribution in [-0.2, 0) is 20.6 Å². The Morgan fingerprint density at radius 3 is 2.75 bits per heavy atom. The van der Waals surface area contributed by atoms with Crippen molar-refractivity contribution in [3.63, 3.8) is 0 Å². The lowest BCUT2D eigenvalue weighted by Crippen LogP contribution is -2.37. The van der Waals surface area contributed by atoms with Crippen LogP contribution in [0, 0.1) is 6.92 Å². The third-order valence-corrected chi connectivity index (χ3v) is 5.77. The summed E-state index contributed by atoms with van der Waals surface area (Å²) in [7, 11) is -3.56. The summed E-state index contributed by atoms with van der Waals surface area (Å²) >= 11 is 5.69. The molecule has 1 atom stereocenters. The minimum Gasteiger partial charge on any atom is -0.464 e. The van der Waals surface area contributed by atoms with E-state index in [1.807, 2.05) is 6.92 Å². The predicted octanol–water partition coefficient (Wildman–Crippen LogP) is 2.52. The van der Waals surface area contributed by atoms with Crippen molar-refractivity contribution in [3.05, 3.63) is 17.6 Å². The lowest BCUT2D eigenvalue weighted by molar-refractivity contribution is 0.0946. The van der Waals surface area contributed by atoms with Crippen LogP contribution in [0.25, 0.3) is 0 Å². The molecule has 114 valence electrons. The zero-order valence-electron chi connectivity index (χ0n) is 11.8. The van der Waals surface area contributed by atoms with E-state index in [1.54, 1.807) is 6.92 Å². The molecule has 0 amide bonds. The Hall–Kier alpha value is -0.560. The zero-order valence-corrected chi connectivity index (χ0v) is 13.3. The molecule has 1 saturated heterocycles. The zero-order chi connectivity index (χ0) is 14.8. The molecule has 1 aliphatic heterocycles. The minimum atomic E-state index is -3.56. The quantitative estimate of drug-likeness (QED) is 0.755. The molecule has 1 fully saturated rings. The van der Waals surface area contributed by atoms with E-state index in [2.05, 4.69) is 0 Å². The number of aryl methyl sites for hydroxylation is 1. The summed E-state index contributed by atoms with van der Waals surface area (Å²) in [6.07, 6.45) is 1.89. The largest absolute Gasteiger partial charge is 0.464 e. The van der Waals surface area contributed by atoms with Crippen molar-refractivity contribution in [2.45, 2.75) is 43.6 Å². The van der Waals surface area contributed by atoms with Gasteiger partial charge in [0.15, 0.2) is 0 Å². The molecule has 0 radical (unpaired) electrons. The lowest BCUT2D eigenvalue weighted by atomic mass is 10.2. The van der Waals surface area contributed by atoms with Gasteiger partial charge in [-0.2, -0.15) is 4.31 Å². The Labute approximate surface area is 124 Å². The third kappa shape index (κ3) is 3.19. The van der Waals surface area contributed by atoms with Crippen LogP contribution in [0.1, 0.15) is 31.3 Å². The molecule has 1 aliphatic rings. The van der Waals surface area contributed by atoms with E-state index in [-0.39, 0.29) is 16.9 Å². The van der Waals surface area contributed by atoms with Crippen molar-refractivity contribution < 1.29 is 17.6 Å². The number of rotatable bonds is 6. The Kier molecular flexibility index (Phi) is 5.12. The number of sulfonamides is 1. The van der Waals surface area contributed by atoms with Gasteiger partial charge in [0.1, 0.15) is 16.4 Å². The first-order valence-electron chi connectivity index (χ1n) is 6.76. The minimum absolute atomic E-state index is 0.00979. The first kappa shape index (κ1) is 15.8. The van der Waals surface area contributed by atoms with Crippen LogP contribution in [-0.4, -0.2) is 38.5 Å². The Balaban J connectivity index is 2.23. The average Bonchev–Trinajstić information content (AvgIpc) is 3.04. The first-order valence-corrected chi connectivity index (χ1v) is 8.73. The highest BCUT2D eigenvalue weighted by Gasteiger charge is 2.30. The van der Waals surface area contributed by atoms with E-state index in [4.69, 9.17) is 20.8 Å². The second kappa shape index (κ2) is 6.47. The van der Waals surface area contributed by atoms with E-state index in [9.17, 15) is 8.42 Å². The second-order valence-corrected chi connectivity index (χ2v) is 7.03. The van der Waals surface area contributed by atoms with E-state index in [1.165, 1.54) is 10.4 Å². The highest BCUT2D eigenvalue weighted by Crippen LogP contribution is 2.25. The summed E-state index contributed by atoms with van der Waals surface area (Å²) in [5.74, 6) is 1.01. The Morgan fingerprint density at radius 2 is 2.25 bits per heavy atom. The summed E-state index contributed by atoms with van der Waals surface area (Å²) in [4.78, 5) is 0.202. The van der Waals surface area contributed by atoms with Gasteiger partial charge in [0.25, 0.3) is 0 Å². The molecule has 1 unspecified atom stereocenters. The van der Waals surface area contributed by atoms with Crippen LogP contribution in [0.3, 0.4) is 0 Å². The molecule has 1 aromatic rings. The summed E-state index contributed by atoms with van der Waals surface area (Å²) in [5, 5.41) is 0. The molecule has 2 heterocycles. The summed E-state index contributed by atoms with van der Waals surface area (Å²) in [6.45, 7) is 4.97. The van der Waals surface area contributed by atoms with Crippen molar-refractivity contribution in [1.82, 2.24) is 4.31 Å². The standard InChI is InChI=1S/C13H20ClNO4S/c1-3-15(9-11-5-4-6-18-11)20(16,17)13-7-12(8-14)19-10(13)2/h7,11H,3-6,8-9H2,1-2H3. The van der Waals surface area contributed by atoms with Gasteiger partial charge in [-0.1, -0.05) is 6.92 Å². The molecule has 1 aromatic heterocycles. The van der Waals surface area contributed by atoms with Gasteiger partial charge in [-0.05, 0) is 19.8 Å². The molecule has 20 heavy (non-hydrogen) atoms. The van der Waals surface area contributed by atoms with Crippen molar-refractivity contribution in [1.29, 1.82) is 0 Å². The molecule has 0 aliphatic carbocycles. The molecular formula is C13H20ClNO4S. The second-order valence-electron chi connectivity index (χ2n) is 4.86. The van der Waals surface area contributed by atoms with Crippen molar-refractivity contribution in [2.24, 2.45) is 0 Å². The molecule has 5 nitrogen and oxygen atoms in total. The molecular weight excluding hydrogens is 302 g/mol. The summed E-state index contributed by atoms with van der Waals surface area (Å²) in [6, 6.07) is 1.51. The smallest absolute Gasteiger partial charge is 0.246 e. The average molecular weight is 322 g/mol. The summed E-state index contributed by atoms with van der Waals surface area (Å²) in [5.41, 5.74) is 0.